The minimum atomic E-state index is -0.153. The van der Waals surface area contributed by atoms with Crippen molar-refractivity contribution in [3.63, 3.8) is 0 Å². The molecule has 28 heavy (non-hydrogen) atoms. The lowest BCUT2D eigenvalue weighted by Crippen LogP contribution is -2.30. The van der Waals surface area contributed by atoms with Crippen LogP contribution in [-0.2, 0) is 11.2 Å². The summed E-state index contributed by atoms with van der Waals surface area (Å²) in [4.78, 5) is 20.6. The van der Waals surface area contributed by atoms with Crippen LogP contribution in [0.3, 0.4) is 0 Å². The molecule has 0 aliphatic rings. The Balaban J connectivity index is 1.39. The van der Waals surface area contributed by atoms with E-state index in [1.807, 2.05) is 42.6 Å². The highest BCUT2D eigenvalue weighted by Crippen LogP contribution is 2.27. The highest BCUT2D eigenvalue weighted by molar-refractivity contribution is 7.09. The number of nitrogens with zero attached hydrogens (tertiary/aromatic N) is 2. The van der Waals surface area contributed by atoms with E-state index in [9.17, 15) is 4.79 Å². The van der Waals surface area contributed by atoms with E-state index in [-0.39, 0.29) is 12.5 Å². The number of nitrogens with one attached hydrogen (secondary N) is 1. The summed E-state index contributed by atoms with van der Waals surface area (Å²) in [6, 6.07) is 9.50. The Kier molecular flexibility index (Phi) is 6.97. The maximum absolute atomic E-state index is 12.0. The Morgan fingerprint density at radius 3 is 2.79 bits per heavy atom. The number of benzene rings is 1. The van der Waals surface area contributed by atoms with Crippen LogP contribution in [0.15, 0.2) is 48.1 Å². The lowest BCUT2D eigenvalue weighted by Gasteiger charge is -2.11. The average molecular weight is 398 g/mol. The van der Waals surface area contributed by atoms with Crippen molar-refractivity contribution in [3.05, 3.63) is 58.7 Å². The van der Waals surface area contributed by atoms with Crippen molar-refractivity contribution in [2.24, 2.45) is 0 Å². The molecule has 0 fully saturated rings. The van der Waals surface area contributed by atoms with E-state index in [0.29, 0.717) is 18.0 Å². The number of aromatic nitrogens is 2. The van der Waals surface area contributed by atoms with Crippen LogP contribution in [0.2, 0.25) is 0 Å². The zero-order valence-corrected chi connectivity index (χ0v) is 16.8. The third kappa shape index (κ3) is 5.53. The van der Waals surface area contributed by atoms with E-state index in [4.69, 9.17) is 9.47 Å². The van der Waals surface area contributed by atoms with E-state index < -0.39 is 0 Å². The molecule has 0 saturated heterocycles. The molecule has 0 unspecified atom stereocenters. The summed E-state index contributed by atoms with van der Waals surface area (Å²) in [6.07, 6.45) is 5.17. The van der Waals surface area contributed by atoms with Gasteiger partial charge in [-0.15, -0.1) is 11.3 Å². The third-order valence-corrected chi connectivity index (χ3v) is 5.00. The quantitative estimate of drug-likeness (QED) is 0.558. The molecule has 3 aromatic rings. The van der Waals surface area contributed by atoms with Gasteiger partial charge in [-0.2, -0.15) is 0 Å². The molecular weight excluding hydrogens is 374 g/mol. The van der Waals surface area contributed by atoms with Crippen LogP contribution in [0.25, 0.3) is 11.3 Å². The maximum Gasteiger partial charge on any atom is 0.257 e. The molecule has 1 aromatic carbocycles. The molecule has 0 spiro atoms. The number of hydrogen-bond acceptors (Lipinski definition) is 6. The summed E-state index contributed by atoms with van der Waals surface area (Å²) >= 11 is 1.63. The van der Waals surface area contributed by atoms with Gasteiger partial charge < -0.3 is 14.8 Å². The van der Waals surface area contributed by atoms with E-state index in [0.717, 1.165) is 34.7 Å². The summed E-state index contributed by atoms with van der Waals surface area (Å²) in [6.45, 7) is 2.52. The first-order valence-corrected chi connectivity index (χ1v) is 9.92. The van der Waals surface area contributed by atoms with Gasteiger partial charge in [-0.25, -0.2) is 4.98 Å². The molecule has 1 N–H and O–H groups in total. The summed E-state index contributed by atoms with van der Waals surface area (Å²) in [7, 11) is 1.58. The second-order valence-corrected chi connectivity index (χ2v) is 7.20. The fraction of sp³-hybridized carbons (Fsp3) is 0.286. The highest BCUT2D eigenvalue weighted by Gasteiger charge is 2.08. The fourth-order valence-electron chi connectivity index (χ4n) is 2.64. The molecule has 7 heteroatoms. The monoisotopic (exact) mass is 397 g/mol. The van der Waals surface area contributed by atoms with Gasteiger partial charge in [-0.3, -0.25) is 9.78 Å². The Labute approximate surface area is 168 Å². The number of ether oxygens (including phenoxy) is 2. The molecule has 146 valence electrons. The van der Waals surface area contributed by atoms with Crippen LogP contribution in [0.5, 0.6) is 11.5 Å². The van der Waals surface area contributed by atoms with Gasteiger partial charge in [0, 0.05) is 36.3 Å². The number of hydrogen-bond donors (Lipinski definition) is 1. The lowest BCUT2D eigenvalue weighted by atomic mass is 10.2. The van der Waals surface area contributed by atoms with E-state index in [1.54, 1.807) is 30.8 Å². The lowest BCUT2D eigenvalue weighted by molar-refractivity contribution is -0.123. The number of thiazole rings is 1. The van der Waals surface area contributed by atoms with Crippen LogP contribution < -0.4 is 14.8 Å². The Morgan fingerprint density at radius 1 is 1.18 bits per heavy atom. The minimum Gasteiger partial charge on any atom is -0.493 e. The summed E-state index contributed by atoms with van der Waals surface area (Å²) < 4.78 is 10.8. The van der Waals surface area contributed by atoms with Gasteiger partial charge in [0.1, 0.15) is 0 Å². The van der Waals surface area contributed by atoms with Crippen LogP contribution in [-0.4, -0.2) is 36.1 Å². The molecule has 6 nitrogen and oxygen atoms in total. The Bertz CT molecular complexity index is 912. The first kappa shape index (κ1) is 19.8. The molecule has 0 aliphatic heterocycles. The SMILES string of the molecule is COc1cc(C)ccc1OCC(=O)NCCCc1nc(-c2ccncc2)cs1. The second kappa shape index (κ2) is 9.85. The van der Waals surface area contributed by atoms with Gasteiger partial charge >= 0.3 is 0 Å². The smallest absolute Gasteiger partial charge is 0.257 e. The molecule has 0 aliphatic carbocycles. The number of carbonyl (C=O) groups is 1. The number of carbonyl (C=O) groups excluding carboxylic acids is 1. The first-order valence-electron chi connectivity index (χ1n) is 9.04. The van der Waals surface area contributed by atoms with Crippen LogP contribution in [0, 0.1) is 6.92 Å². The summed E-state index contributed by atoms with van der Waals surface area (Å²) in [5.41, 5.74) is 3.10. The number of methoxy groups -OCH3 is 1. The Morgan fingerprint density at radius 2 is 2.00 bits per heavy atom. The van der Waals surface area contributed by atoms with Crippen molar-refractivity contribution in [1.29, 1.82) is 0 Å². The Hall–Kier alpha value is -2.93. The van der Waals surface area contributed by atoms with Gasteiger partial charge in [-0.1, -0.05) is 6.07 Å². The largest absolute Gasteiger partial charge is 0.493 e. The fourth-order valence-corrected chi connectivity index (χ4v) is 3.49. The molecule has 2 aromatic heterocycles. The summed E-state index contributed by atoms with van der Waals surface area (Å²) in [5.74, 6) is 1.04. The molecule has 0 atom stereocenters. The average Bonchev–Trinajstić information content (AvgIpc) is 3.20. The van der Waals surface area contributed by atoms with Gasteiger partial charge in [0.15, 0.2) is 18.1 Å². The van der Waals surface area contributed by atoms with Crippen molar-refractivity contribution >= 4 is 17.2 Å². The highest BCUT2D eigenvalue weighted by atomic mass is 32.1. The van der Waals surface area contributed by atoms with E-state index in [1.165, 1.54) is 0 Å². The molecular formula is C21H23N3O3S. The van der Waals surface area contributed by atoms with Gasteiger partial charge in [0.25, 0.3) is 5.91 Å². The van der Waals surface area contributed by atoms with E-state index >= 15 is 0 Å². The molecule has 0 saturated carbocycles. The van der Waals surface area contributed by atoms with Gasteiger partial charge in [-0.05, 0) is 43.2 Å². The van der Waals surface area contributed by atoms with Gasteiger partial charge in [0.05, 0.1) is 17.8 Å². The summed E-state index contributed by atoms with van der Waals surface area (Å²) in [5, 5.41) is 5.98. The molecule has 0 bridgehead atoms. The topological polar surface area (TPSA) is 73.3 Å². The maximum atomic E-state index is 12.0. The number of rotatable bonds is 9. The standard InChI is InChI=1S/C21H23N3O3S/c1-15-5-6-18(19(12-15)26-2)27-13-20(25)23-9-3-4-21-24-17(14-28-21)16-7-10-22-11-8-16/h5-8,10-12,14H,3-4,9,13H2,1-2H3,(H,23,25). The number of pyridine rings is 1. The van der Waals surface area contributed by atoms with Crippen LogP contribution >= 0.6 is 11.3 Å². The van der Waals surface area contributed by atoms with Crippen molar-refractivity contribution < 1.29 is 14.3 Å². The third-order valence-electron chi connectivity index (χ3n) is 4.10. The molecule has 1 amide bonds. The molecule has 2 heterocycles. The van der Waals surface area contributed by atoms with Gasteiger partial charge in [0.2, 0.25) is 0 Å². The van der Waals surface area contributed by atoms with Crippen molar-refractivity contribution in [2.75, 3.05) is 20.3 Å². The normalized spacial score (nSPS) is 10.5. The zero-order chi connectivity index (χ0) is 19.8. The predicted molar refractivity (Wildman–Crippen MR) is 110 cm³/mol. The number of aryl methyl sites for hydroxylation is 2. The molecule has 0 radical (unpaired) electrons. The van der Waals surface area contributed by atoms with Crippen molar-refractivity contribution in [1.82, 2.24) is 15.3 Å². The van der Waals surface area contributed by atoms with Crippen molar-refractivity contribution in [2.45, 2.75) is 19.8 Å². The minimum absolute atomic E-state index is 0.0388. The first-order chi connectivity index (χ1) is 13.7. The predicted octanol–water partition coefficient (Wildman–Crippen LogP) is 3.65. The van der Waals surface area contributed by atoms with Crippen LogP contribution in [0.4, 0.5) is 0 Å². The number of amides is 1. The van der Waals surface area contributed by atoms with E-state index in [2.05, 4.69) is 15.3 Å². The van der Waals surface area contributed by atoms with Crippen LogP contribution in [0.1, 0.15) is 17.0 Å². The second-order valence-electron chi connectivity index (χ2n) is 6.26. The molecule has 3 rings (SSSR count). The van der Waals surface area contributed by atoms with Crippen molar-refractivity contribution in [3.8, 4) is 22.8 Å². The zero-order valence-electron chi connectivity index (χ0n) is 16.0.